The Kier molecular flexibility index (Phi) is 9.43. The molecule has 2 rings (SSSR count). The van der Waals surface area contributed by atoms with Gasteiger partial charge in [-0.15, -0.1) is 0 Å². The number of likely N-dealkylation sites (tertiary alicyclic amines) is 1. The van der Waals surface area contributed by atoms with E-state index in [1.165, 1.54) is 6.92 Å². The van der Waals surface area contributed by atoms with Crippen LogP contribution in [-0.2, 0) is 25.5 Å². The largest absolute Gasteiger partial charge is 0.480 e. The summed E-state index contributed by atoms with van der Waals surface area (Å²) in [7, 11) is 0. The summed E-state index contributed by atoms with van der Waals surface area (Å²) in [5, 5.41) is 23.8. The number of rotatable bonds is 8. The molecule has 1 heterocycles. The van der Waals surface area contributed by atoms with Crippen LogP contribution in [0.1, 0.15) is 46.1 Å². The summed E-state index contributed by atoms with van der Waals surface area (Å²) < 4.78 is 5.33. The molecule has 0 spiro atoms. The lowest BCUT2D eigenvalue weighted by Crippen LogP contribution is -2.54. The topological polar surface area (TPSA) is 145 Å². The van der Waals surface area contributed by atoms with Gasteiger partial charge in [0.25, 0.3) is 0 Å². The van der Waals surface area contributed by atoms with Crippen molar-refractivity contribution >= 4 is 23.9 Å². The van der Waals surface area contributed by atoms with Crippen molar-refractivity contribution in [3.8, 4) is 0 Å². The molecule has 34 heavy (non-hydrogen) atoms. The Balaban J connectivity index is 2.02. The molecule has 1 aromatic rings. The number of piperidine rings is 1. The summed E-state index contributed by atoms with van der Waals surface area (Å²) in [5.74, 6) is -2.53. The van der Waals surface area contributed by atoms with E-state index in [1.807, 2.05) is 30.3 Å². The molecule has 3 amide bonds. The molecule has 0 aromatic heterocycles. The number of alkyl carbamates (subject to hydrolysis) is 1. The zero-order valence-electron chi connectivity index (χ0n) is 20.1. The minimum absolute atomic E-state index is 0.277. The first-order chi connectivity index (χ1) is 15.9. The van der Waals surface area contributed by atoms with Gasteiger partial charge in [0, 0.05) is 25.4 Å². The van der Waals surface area contributed by atoms with Crippen molar-refractivity contribution in [1.82, 2.24) is 15.5 Å². The summed E-state index contributed by atoms with van der Waals surface area (Å²) in [5.41, 5.74) is 0.166. The Bertz CT molecular complexity index is 859. The molecule has 0 unspecified atom stereocenters. The molecule has 0 aliphatic carbocycles. The number of hydrogen-bond donors (Lipinski definition) is 4. The normalized spacial score (nSPS) is 17.3. The Morgan fingerprint density at radius 2 is 1.68 bits per heavy atom. The number of nitrogens with zero attached hydrogens (tertiary/aromatic N) is 1. The van der Waals surface area contributed by atoms with Gasteiger partial charge < -0.3 is 30.5 Å². The Labute approximate surface area is 199 Å². The first-order valence-electron chi connectivity index (χ1n) is 11.4. The number of carbonyl (C=O) groups excluding carboxylic acids is 3. The molecule has 4 N–H and O–H groups in total. The van der Waals surface area contributed by atoms with E-state index in [0.717, 1.165) is 5.56 Å². The van der Waals surface area contributed by atoms with Crippen LogP contribution >= 0.6 is 0 Å². The maximum Gasteiger partial charge on any atom is 0.408 e. The van der Waals surface area contributed by atoms with Crippen molar-refractivity contribution in [2.75, 3.05) is 13.1 Å². The van der Waals surface area contributed by atoms with Crippen molar-refractivity contribution in [3.05, 3.63) is 35.9 Å². The summed E-state index contributed by atoms with van der Waals surface area (Å²) in [6, 6.07) is 7.08. The van der Waals surface area contributed by atoms with Gasteiger partial charge >= 0.3 is 12.1 Å². The van der Waals surface area contributed by atoms with Gasteiger partial charge in [-0.3, -0.25) is 9.59 Å². The number of nitrogens with one attached hydrogen (secondary N) is 2. The van der Waals surface area contributed by atoms with Crippen LogP contribution in [0.4, 0.5) is 4.79 Å². The number of carboxylic acids is 1. The van der Waals surface area contributed by atoms with Crippen LogP contribution in [0, 0.1) is 5.92 Å². The molecule has 1 saturated heterocycles. The third-order valence-corrected chi connectivity index (χ3v) is 5.50. The molecule has 10 heteroatoms. The van der Waals surface area contributed by atoms with Crippen molar-refractivity contribution in [2.24, 2.45) is 5.92 Å². The second-order valence-corrected chi connectivity index (χ2v) is 9.55. The second kappa shape index (κ2) is 11.8. The molecular formula is C24H35N3O7. The van der Waals surface area contributed by atoms with Gasteiger partial charge in [0.1, 0.15) is 11.6 Å². The maximum absolute atomic E-state index is 13.3. The molecular weight excluding hydrogens is 442 g/mol. The van der Waals surface area contributed by atoms with Gasteiger partial charge in [0.15, 0.2) is 6.04 Å². The van der Waals surface area contributed by atoms with E-state index in [-0.39, 0.29) is 25.4 Å². The van der Waals surface area contributed by atoms with E-state index in [9.17, 15) is 24.3 Å². The van der Waals surface area contributed by atoms with Crippen molar-refractivity contribution in [3.63, 3.8) is 0 Å². The lowest BCUT2D eigenvalue weighted by atomic mass is 9.94. The zero-order chi connectivity index (χ0) is 25.5. The number of amides is 3. The number of aliphatic hydroxyl groups excluding tert-OH is 1. The van der Waals surface area contributed by atoms with Crippen LogP contribution in [0.25, 0.3) is 0 Å². The SMILES string of the molecule is C[C@@H](O)[C@H](NC(=O)C1CCN(C(=O)[C@H](Cc2ccccc2)NC(=O)OC(C)(C)C)CC1)C(=O)O. The molecule has 10 nitrogen and oxygen atoms in total. The van der Waals surface area contributed by atoms with Crippen molar-refractivity contribution in [2.45, 2.75) is 70.7 Å². The van der Waals surface area contributed by atoms with Crippen LogP contribution < -0.4 is 10.6 Å². The minimum Gasteiger partial charge on any atom is -0.480 e. The Hall–Kier alpha value is -3.14. The first kappa shape index (κ1) is 27.1. The van der Waals surface area contributed by atoms with Gasteiger partial charge in [-0.1, -0.05) is 30.3 Å². The molecule has 1 aromatic carbocycles. The number of carboxylic acid groups (broad SMARTS) is 1. The van der Waals surface area contributed by atoms with Crippen molar-refractivity contribution < 1.29 is 34.1 Å². The average molecular weight is 478 g/mol. The van der Waals surface area contributed by atoms with Crippen LogP contribution in [-0.4, -0.2) is 75.9 Å². The average Bonchev–Trinajstić information content (AvgIpc) is 2.75. The van der Waals surface area contributed by atoms with E-state index < -0.39 is 47.7 Å². The molecule has 1 aliphatic heterocycles. The lowest BCUT2D eigenvalue weighted by molar-refractivity contribution is -0.146. The molecule has 0 bridgehead atoms. The number of benzene rings is 1. The fraction of sp³-hybridized carbons (Fsp3) is 0.583. The Morgan fingerprint density at radius 1 is 1.09 bits per heavy atom. The number of hydrogen-bond acceptors (Lipinski definition) is 6. The van der Waals surface area contributed by atoms with Crippen LogP contribution in [0.2, 0.25) is 0 Å². The third-order valence-electron chi connectivity index (χ3n) is 5.50. The minimum atomic E-state index is -1.39. The fourth-order valence-electron chi connectivity index (χ4n) is 3.74. The molecule has 1 fully saturated rings. The second-order valence-electron chi connectivity index (χ2n) is 9.55. The third kappa shape index (κ3) is 8.33. The monoisotopic (exact) mass is 477 g/mol. The standard InChI is InChI=1S/C24H35N3O7/c1-15(28)19(22(31)32)26-20(29)17-10-12-27(13-11-17)21(30)18(14-16-8-6-5-7-9-16)25-23(33)34-24(2,3)4/h5-9,15,17-19,28H,10-14H2,1-4H3,(H,25,33)(H,26,29)(H,31,32)/t15-,18+,19+/m1/s1. The van der Waals surface area contributed by atoms with Gasteiger partial charge in [0.2, 0.25) is 11.8 Å². The van der Waals surface area contributed by atoms with Gasteiger partial charge in [0.05, 0.1) is 6.10 Å². The zero-order valence-corrected chi connectivity index (χ0v) is 20.1. The summed E-state index contributed by atoms with van der Waals surface area (Å²) >= 11 is 0. The first-order valence-corrected chi connectivity index (χ1v) is 11.4. The highest BCUT2D eigenvalue weighted by atomic mass is 16.6. The number of ether oxygens (including phenoxy) is 1. The molecule has 188 valence electrons. The molecule has 1 aliphatic rings. The van der Waals surface area contributed by atoms with Crippen LogP contribution in [0.3, 0.4) is 0 Å². The maximum atomic E-state index is 13.3. The quantitative estimate of drug-likeness (QED) is 0.442. The number of aliphatic carboxylic acids is 1. The summed E-state index contributed by atoms with van der Waals surface area (Å²) in [4.78, 5) is 51.0. The highest BCUT2D eigenvalue weighted by Crippen LogP contribution is 2.20. The number of aliphatic hydroxyl groups is 1. The van der Waals surface area contributed by atoms with E-state index in [0.29, 0.717) is 12.8 Å². The molecule has 0 saturated carbocycles. The van der Waals surface area contributed by atoms with Crippen LogP contribution in [0.5, 0.6) is 0 Å². The van der Waals surface area contributed by atoms with Crippen molar-refractivity contribution in [1.29, 1.82) is 0 Å². The van der Waals surface area contributed by atoms with Crippen LogP contribution in [0.15, 0.2) is 30.3 Å². The predicted octanol–water partition coefficient (Wildman–Crippen LogP) is 1.31. The fourth-order valence-corrected chi connectivity index (χ4v) is 3.74. The highest BCUT2D eigenvalue weighted by molar-refractivity contribution is 5.87. The van der Waals surface area contributed by atoms with E-state index in [2.05, 4.69) is 10.6 Å². The molecule has 3 atom stereocenters. The number of carbonyl (C=O) groups is 4. The lowest BCUT2D eigenvalue weighted by Gasteiger charge is -2.34. The smallest absolute Gasteiger partial charge is 0.408 e. The van der Waals surface area contributed by atoms with Gasteiger partial charge in [-0.25, -0.2) is 9.59 Å². The summed E-state index contributed by atoms with van der Waals surface area (Å²) in [6.45, 7) is 7.08. The predicted molar refractivity (Wildman–Crippen MR) is 124 cm³/mol. The van der Waals surface area contributed by atoms with E-state index >= 15 is 0 Å². The van der Waals surface area contributed by atoms with Gasteiger partial charge in [-0.2, -0.15) is 0 Å². The molecule has 0 radical (unpaired) electrons. The summed E-state index contributed by atoms with van der Waals surface area (Å²) in [6.07, 6.45) is -0.953. The highest BCUT2D eigenvalue weighted by Gasteiger charge is 2.34. The van der Waals surface area contributed by atoms with E-state index in [1.54, 1.807) is 25.7 Å². The van der Waals surface area contributed by atoms with Gasteiger partial charge in [-0.05, 0) is 46.1 Å². The van der Waals surface area contributed by atoms with E-state index in [4.69, 9.17) is 9.84 Å². The Morgan fingerprint density at radius 3 is 2.18 bits per heavy atom.